The van der Waals surface area contributed by atoms with E-state index < -0.39 is 16.1 Å². The number of carbonyl (C=O) groups excluding carboxylic acids is 1. The molecule has 0 radical (unpaired) electrons. The molecular weight excluding hydrogens is 242 g/mol. The van der Waals surface area contributed by atoms with Gasteiger partial charge in [0.05, 0.1) is 5.25 Å². The van der Waals surface area contributed by atoms with Crippen LogP contribution in [0.3, 0.4) is 0 Å². The standard InChI is InChI=1S/C10H19N3O3S/c1-2-12-10(14)9-5-7(11)6-13(9)17(15,16)8-3-4-8/h7-9H,2-6,11H2,1H3,(H,12,14)/t7-,9+/m1/s1. The molecule has 1 saturated carbocycles. The molecule has 1 amide bonds. The third-order valence-corrected chi connectivity index (χ3v) is 5.59. The van der Waals surface area contributed by atoms with Gasteiger partial charge in [-0.2, -0.15) is 4.31 Å². The molecule has 0 bridgehead atoms. The van der Waals surface area contributed by atoms with Crippen LogP contribution in [0.15, 0.2) is 0 Å². The molecule has 98 valence electrons. The minimum atomic E-state index is -3.32. The van der Waals surface area contributed by atoms with Gasteiger partial charge in [0.1, 0.15) is 6.04 Å². The van der Waals surface area contributed by atoms with Gasteiger partial charge in [-0.1, -0.05) is 0 Å². The number of nitrogens with two attached hydrogens (primary N) is 1. The van der Waals surface area contributed by atoms with E-state index in [1.54, 1.807) is 0 Å². The first-order valence-corrected chi connectivity index (χ1v) is 7.51. The van der Waals surface area contributed by atoms with Crippen LogP contribution in [0.2, 0.25) is 0 Å². The van der Waals surface area contributed by atoms with Crippen LogP contribution in [0.1, 0.15) is 26.2 Å². The van der Waals surface area contributed by atoms with Crippen molar-refractivity contribution < 1.29 is 13.2 Å². The summed E-state index contributed by atoms with van der Waals surface area (Å²) in [5.41, 5.74) is 5.78. The second kappa shape index (κ2) is 4.55. The Morgan fingerprint density at radius 2 is 2.12 bits per heavy atom. The van der Waals surface area contributed by atoms with Crippen LogP contribution < -0.4 is 11.1 Å². The number of hydrogen-bond acceptors (Lipinski definition) is 4. The van der Waals surface area contributed by atoms with Gasteiger partial charge in [0.15, 0.2) is 0 Å². The summed E-state index contributed by atoms with van der Waals surface area (Å²) >= 11 is 0. The molecular formula is C10H19N3O3S. The molecule has 0 aromatic rings. The summed E-state index contributed by atoms with van der Waals surface area (Å²) in [6.45, 7) is 2.58. The highest BCUT2D eigenvalue weighted by Crippen LogP contribution is 2.34. The van der Waals surface area contributed by atoms with Gasteiger partial charge in [-0.05, 0) is 26.2 Å². The van der Waals surface area contributed by atoms with Gasteiger partial charge in [-0.25, -0.2) is 8.42 Å². The molecule has 2 atom stereocenters. The zero-order valence-corrected chi connectivity index (χ0v) is 10.7. The topological polar surface area (TPSA) is 92.5 Å². The first-order valence-electron chi connectivity index (χ1n) is 6.00. The maximum absolute atomic E-state index is 12.2. The van der Waals surface area contributed by atoms with Crippen molar-refractivity contribution in [3.8, 4) is 0 Å². The second-order valence-corrected chi connectivity index (χ2v) is 6.89. The van der Waals surface area contributed by atoms with E-state index in [9.17, 15) is 13.2 Å². The highest BCUT2D eigenvalue weighted by atomic mass is 32.2. The van der Waals surface area contributed by atoms with Crippen molar-refractivity contribution in [1.82, 2.24) is 9.62 Å². The monoisotopic (exact) mass is 261 g/mol. The van der Waals surface area contributed by atoms with Gasteiger partial charge in [0.2, 0.25) is 15.9 Å². The lowest BCUT2D eigenvalue weighted by Crippen LogP contribution is -2.46. The number of nitrogens with one attached hydrogen (secondary N) is 1. The van der Waals surface area contributed by atoms with E-state index in [0.717, 1.165) is 0 Å². The summed E-state index contributed by atoms with van der Waals surface area (Å²) in [6.07, 6.45) is 1.82. The lowest BCUT2D eigenvalue weighted by atomic mass is 10.2. The average Bonchev–Trinajstić information content (AvgIpc) is 3.02. The Morgan fingerprint density at radius 1 is 1.47 bits per heavy atom. The van der Waals surface area contributed by atoms with Crippen molar-refractivity contribution in [2.45, 2.75) is 43.5 Å². The van der Waals surface area contributed by atoms with Crippen molar-refractivity contribution in [3.05, 3.63) is 0 Å². The number of amides is 1. The lowest BCUT2D eigenvalue weighted by Gasteiger charge is -2.22. The minimum absolute atomic E-state index is 0.232. The molecule has 1 saturated heterocycles. The summed E-state index contributed by atoms with van der Waals surface area (Å²) in [4.78, 5) is 11.8. The number of rotatable bonds is 4. The highest BCUT2D eigenvalue weighted by molar-refractivity contribution is 7.90. The third kappa shape index (κ3) is 2.46. The SMILES string of the molecule is CCNC(=O)[C@@H]1C[C@@H](N)CN1S(=O)(=O)C1CC1. The molecule has 0 aromatic heterocycles. The zero-order valence-electron chi connectivity index (χ0n) is 9.93. The van der Waals surface area contributed by atoms with Crippen LogP contribution in [0, 0.1) is 0 Å². The molecule has 0 spiro atoms. The van der Waals surface area contributed by atoms with E-state index >= 15 is 0 Å². The van der Waals surface area contributed by atoms with E-state index in [-0.39, 0.29) is 23.7 Å². The molecule has 0 aromatic carbocycles. The van der Waals surface area contributed by atoms with E-state index in [1.807, 2.05) is 6.92 Å². The molecule has 0 unspecified atom stereocenters. The van der Waals surface area contributed by atoms with Crippen LogP contribution in [0.4, 0.5) is 0 Å². The first kappa shape index (κ1) is 12.8. The van der Waals surface area contributed by atoms with Gasteiger partial charge in [-0.3, -0.25) is 4.79 Å². The fraction of sp³-hybridized carbons (Fsp3) is 0.900. The van der Waals surface area contributed by atoms with Crippen molar-refractivity contribution in [2.24, 2.45) is 5.73 Å². The van der Waals surface area contributed by atoms with E-state index in [4.69, 9.17) is 5.73 Å². The van der Waals surface area contributed by atoms with Gasteiger partial charge in [0.25, 0.3) is 0 Å². The third-order valence-electron chi connectivity index (χ3n) is 3.21. The van der Waals surface area contributed by atoms with Crippen molar-refractivity contribution >= 4 is 15.9 Å². The quantitative estimate of drug-likeness (QED) is 0.680. The summed E-state index contributed by atoms with van der Waals surface area (Å²) in [5, 5.41) is 2.38. The maximum Gasteiger partial charge on any atom is 0.238 e. The smallest absolute Gasteiger partial charge is 0.238 e. The van der Waals surface area contributed by atoms with Gasteiger partial charge in [-0.15, -0.1) is 0 Å². The number of likely N-dealkylation sites (N-methyl/N-ethyl adjacent to an activating group) is 1. The van der Waals surface area contributed by atoms with Crippen LogP contribution in [-0.2, 0) is 14.8 Å². The van der Waals surface area contributed by atoms with Crippen LogP contribution in [0.5, 0.6) is 0 Å². The average molecular weight is 261 g/mol. The van der Waals surface area contributed by atoms with Gasteiger partial charge in [0, 0.05) is 19.1 Å². The highest BCUT2D eigenvalue weighted by Gasteiger charge is 2.48. The molecule has 2 fully saturated rings. The van der Waals surface area contributed by atoms with E-state index in [1.165, 1.54) is 4.31 Å². The predicted molar refractivity (Wildman–Crippen MR) is 63.7 cm³/mol. The number of hydrogen-bond donors (Lipinski definition) is 2. The second-order valence-electron chi connectivity index (χ2n) is 4.72. The minimum Gasteiger partial charge on any atom is -0.355 e. The van der Waals surface area contributed by atoms with E-state index in [0.29, 0.717) is 25.8 Å². The summed E-state index contributed by atoms with van der Waals surface area (Å²) in [7, 11) is -3.32. The maximum atomic E-state index is 12.2. The molecule has 1 aliphatic heterocycles. The molecule has 1 aliphatic carbocycles. The summed E-state index contributed by atoms with van der Waals surface area (Å²) < 4.78 is 25.6. The Kier molecular flexibility index (Phi) is 3.42. The first-order chi connectivity index (χ1) is 7.96. The number of sulfonamides is 1. The Morgan fingerprint density at radius 3 is 2.65 bits per heavy atom. The Hall–Kier alpha value is -0.660. The van der Waals surface area contributed by atoms with Crippen molar-refractivity contribution in [1.29, 1.82) is 0 Å². The van der Waals surface area contributed by atoms with Crippen LogP contribution >= 0.6 is 0 Å². The van der Waals surface area contributed by atoms with Gasteiger partial charge >= 0.3 is 0 Å². The largest absolute Gasteiger partial charge is 0.355 e. The van der Waals surface area contributed by atoms with Crippen LogP contribution in [0.25, 0.3) is 0 Å². The molecule has 7 heteroatoms. The predicted octanol–water partition coefficient (Wildman–Crippen LogP) is -0.984. The van der Waals surface area contributed by atoms with E-state index in [2.05, 4.69) is 5.32 Å². The van der Waals surface area contributed by atoms with Gasteiger partial charge < -0.3 is 11.1 Å². The molecule has 17 heavy (non-hydrogen) atoms. The summed E-state index contributed by atoms with van der Waals surface area (Å²) in [6, 6.07) is -0.855. The fourth-order valence-electron chi connectivity index (χ4n) is 2.21. The Bertz CT molecular complexity index is 405. The van der Waals surface area contributed by atoms with Crippen molar-refractivity contribution in [2.75, 3.05) is 13.1 Å². The number of nitrogens with zero attached hydrogens (tertiary/aromatic N) is 1. The molecule has 6 nitrogen and oxygen atoms in total. The van der Waals surface area contributed by atoms with Crippen LogP contribution in [-0.4, -0.2) is 49.1 Å². The lowest BCUT2D eigenvalue weighted by molar-refractivity contribution is -0.124. The Labute approximate surface area is 102 Å². The molecule has 2 rings (SSSR count). The molecule has 3 N–H and O–H groups in total. The fourth-order valence-corrected chi connectivity index (χ4v) is 4.26. The zero-order chi connectivity index (χ0) is 12.6. The number of carbonyl (C=O) groups is 1. The normalized spacial score (nSPS) is 30.5. The van der Waals surface area contributed by atoms with Crippen molar-refractivity contribution in [3.63, 3.8) is 0 Å². The molecule has 2 aliphatic rings. The molecule has 1 heterocycles. The summed E-state index contributed by atoms with van der Waals surface area (Å²) in [5.74, 6) is -0.232. The Balaban J connectivity index is 2.16.